The molecule has 0 fully saturated rings. The summed E-state index contributed by atoms with van der Waals surface area (Å²) in [5, 5.41) is 0. The number of aromatic nitrogens is 4. The van der Waals surface area contributed by atoms with Crippen molar-refractivity contribution in [3.63, 3.8) is 0 Å². The molecular weight excluding hydrogens is 416 g/mol. The number of nitrogens with one attached hydrogen (secondary N) is 1. The van der Waals surface area contributed by atoms with Gasteiger partial charge < -0.3 is 4.57 Å². The van der Waals surface area contributed by atoms with Crippen LogP contribution in [-0.2, 0) is 24.3 Å². The van der Waals surface area contributed by atoms with Crippen molar-refractivity contribution in [2.75, 3.05) is 0 Å². The van der Waals surface area contributed by atoms with Crippen molar-refractivity contribution in [2.45, 2.75) is 52.6 Å². The van der Waals surface area contributed by atoms with Gasteiger partial charge in [-0.05, 0) is 37.0 Å². The van der Waals surface area contributed by atoms with Gasteiger partial charge in [-0.25, -0.2) is 9.78 Å². The zero-order valence-electron chi connectivity index (χ0n) is 19.2. The Hall–Kier alpha value is -3.74. The summed E-state index contributed by atoms with van der Waals surface area (Å²) in [6, 6.07) is 16.0. The van der Waals surface area contributed by atoms with Gasteiger partial charge in [-0.1, -0.05) is 61.0 Å². The van der Waals surface area contributed by atoms with Crippen molar-refractivity contribution in [3.05, 3.63) is 98.0 Å². The maximum absolute atomic E-state index is 12.7. The van der Waals surface area contributed by atoms with Gasteiger partial charge in [-0.2, -0.15) is 0 Å². The van der Waals surface area contributed by atoms with Crippen LogP contribution >= 0.6 is 0 Å². The second-order valence-corrected chi connectivity index (χ2v) is 8.46. The van der Waals surface area contributed by atoms with Crippen LogP contribution in [0.4, 0.5) is 0 Å². The lowest BCUT2D eigenvalue weighted by Crippen LogP contribution is -2.31. The monoisotopic (exact) mass is 444 g/mol. The summed E-state index contributed by atoms with van der Waals surface area (Å²) in [5.41, 5.74) is 4.09. The average molecular weight is 445 g/mol. The fourth-order valence-corrected chi connectivity index (χ4v) is 4.03. The van der Waals surface area contributed by atoms with E-state index in [0.29, 0.717) is 37.1 Å². The molecule has 0 spiro atoms. The Kier molecular flexibility index (Phi) is 6.40. The first-order valence-corrected chi connectivity index (χ1v) is 11.2. The van der Waals surface area contributed by atoms with E-state index in [9.17, 15) is 14.4 Å². The van der Waals surface area contributed by atoms with E-state index < -0.39 is 11.2 Å². The number of carbonyl (C=O) groups excluding carboxylic acids is 1. The summed E-state index contributed by atoms with van der Waals surface area (Å²) in [6.07, 6.45) is 2.72. The van der Waals surface area contributed by atoms with Gasteiger partial charge in [0, 0.05) is 18.9 Å². The van der Waals surface area contributed by atoms with Gasteiger partial charge in [-0.3, -0.25) is 19.1 Å². The van der Waals surface area contributed by atoms with Crippen LogP contribution in [0, 0.1) is 6.92 Å². The van der Waals surface area contributed by atoms with Crippen LogP contribution in [0.1, 0.15) is 48.4 Å². The molecule has 1 unspecified atom stereocenters. The normalized spacial score (nSPS) is 12.2. The van der Waals surface area contributed by atoms with Gasteiger partial charge in [0.15, 0.2) is 11.2 Å². The lowest BCUT2D eigenvalue weighted by atomic mass is 9.92. The Morgan fingerprint density at radius 1 is 1.03 bits per heavy atom. The Morgan fingerprint density at radius 2 is 1.70 bits per heavy atom. The van der Waals surface area contributed by atoms with Gasteiger partial charge in [0.2, 0.25) is 0 Å². The summed E-state index contributed by atoms with van der Waals surface area (Å²) in [7, 11) is 0. The van der Waals surface area contributed by atoms with Crippen LogP contribution in [0.15, 0.2) is 64.4 Å². The van der Waals surface area contributed by atoms with Crippen LogP contribution in [0.2, 0.25) is 0 Å². The van der Waals surface area contributed by atoms with Crippen molar-refractivity contribution >= 4 is 16.9 Å². The topological polar surface area (TPSA) is 89.8 Å². The fourth-order valence-electron chi connectivity index (χ4n) is 4.03. The van der Waals surface area contributed by atoms with E-state index in [0.717, 1.165) is 16.7 Å². The molecule has 7 heteroatoms. The first kappa shape index (κ1) is 22.5. The quantitative estimate of drug-likeness (QED) is 0.450. The molecule has 33 heavy (non-hydrogen) atoms. The van der Waals surface area contributed by atoms with E-state index >= 15 is 0 Å². The van der Waals surface area contributed by atoms with E-state index in [1.165, 1.54) is 10.1 Å². The lowest BCUT2D eigenvalue weighted by molar-refractivity contribution is -0.120. The number of rotatable bonds is 8. The predicted molar refractivity (Wildman–Crippen MR) is 129 cm³/mol. The van der Waals surface area contributed by atoms with Crippen molar-refractivity contribution < 1.29 is 4.79 Å². The Labute approximate surface area is 191 Å². The van der Waals surface area contributed by atoms with Gasteiger partial charge >= 0.3 is 5.69 Å². The summed E-state index contributed by atoms with van der Waals surface area (Å²) in [6.45, 7) is 6.80. The predicted octanol–water partition coefficient (Wildman–Crippen LogP) is 3.57. The van der Waals surface area contributed by atoms with Crippen LogP contribution in [0.25, 0.3) is 11.2 Å². The van der Waals surface area contributed by atoms with Gasteiger partial charge in [0.1, 0.15) is 5.78 Å². The molecular formula is C26H28N4O3. The molecule has 1 N–H and O–H groups in total. The van der Waals surface area contributed by atoms with Crippen molar-refractivity contribution in [1.82, 2.24) is 19.1 Å². The standard InChI is InChI=1S/C26H28N4O3/c1-4-29-16-27-24-23(29)25(32)28-26(33)30(24)15-20-9-7-19(8-10-20)11-14-22(31)18(3)21-12-5-17(2)6-13-21/h5-10,12-13,16,18H,4,11,14-15H2,1-3H3,(H,28,32,33). The van der Waals surface area contributed by atoms with Gasteiger partial charge in [0.25, 0.3) is 5.56 Å². The molecule has 2 aromatic heterocycles. The number of benzene rings is 2. The fraction of sp³-hybridized carbons (Fsp3) is 0.308. The number of Topliss-reactive ketones (excluding diaryl/α,β-unsaturated/α-hetero) is 1. The van der Waals surface area contributed by atoms with Crippen LogP contribution in [0.5, 0.6) is 0 Å². The average Bonchev–Trinajstić information content (AvgIpc) is 3.26. The number of imidazole rings is 1. The first-order valence-electron chi connectivity index (χ1n) is 11.2. The summed E-state index contributed by atoms with van der Waals surface area (Å²) < 4.78 is 3.20. The second-order valence-electron chi connectivity index (χ2n) is 8.46. The number of nitrogens with zero attached hydrogens (tertiary/aromatic N) is 3. The Morgan fingerprint density at radius 3 is 2.36 bits per heavy atom. The molecule has 4 aromatic rings. The molecule has 4 rings (SSSR count). The molecule has 0 radical (unpaired) electrons. The van der Waals surface area contributed by atoms with Gasteiger partial charge in [-0.15, -0.1) is 0 Å². The molecule has 2 heterocycles. The van der Waals surface area contributed by atoms with Crippen LogP contribution in [-0.4, -0.2) is 24.9 Å². The molecule has 170 valence electrons. The number of carbonyl (C=O) groups is 1. The highest BCUT2D eigenvalue weighted by molar-refractivity contribution is 5.85. The minimum atomic E-state index is -0.478. The van der Waals surface area contributed by atoms with E-state index in [2.05, 4.69) is 9.97 Å². The minimum Gasteiger partial charge on any atom is -0.325 e. The summed E-state index contributed by atoms with van der Waals surface area (Å²) in [5.74, 6) is 0.0962. The smallest absolute Gasteiger partial charge is 0.325 e. The first-order chi connectivity index (χ1) is 15.9. The van der Waals surface area contributed by atoms with E-state index in [-0.39, 0.29) is 11.7 Å². The Bertz CT molecular complexity index is 1390. The van der Waals surface area contributed by atoms with E-state index in [1.54, 1.807) is 10.9 Å². The van der Waals surface area contributed by atoms with E-state index in [4.69, 9.17) is 0 Å². The molecule has 0 saturated carbocycles. The third-order valence-corrected chi connectivity index (χ3v) is 6.18. The van der Waals surface area contributed by atoms with Crippen molar-refractivity contribution in [2.24, 2.45) is 0 Å². The molecule has 0 bridgehead atoms. The number of fused-ring (bicyclic) bond motifs is 1. The number of aryl methyl sites for hydroxylation is 3. The maximum Gasteiger partial charge on any atom is 0.330 e. The minimum absolute atomic E-state index is 0.123. The zero-order chi connectivity index (χ0) is 23.5. The molecule has 0 amide bonds. The molecule has 7 nitrogen and oxygen atoms in total. The third kappa shape index (κ3) is 4.72. The van der Waals surface area contributed by atoms with E-state index in [1.807, 2.05) is 69.3 Å². The largest absolute Gasteiger partial charge is 0.330 e. The summed E-state index contributed by atoms with van der Waals surface area (Å²) >= 11 is 0. The molecule has 0 aliphatic heterocycles. The molecule has 0 saturated heterocycles. The van der Waals surface area contributed by atoms with Crippen LogP contribution < -0.4 is 11.2 Å². The SMILES string of the molecule is CCn1cnc2c1c(=O)[nH]c(=O)n2Cc1ccc(CCC(=O)C(C)c2ccc(C)cc2)cc1. The highest BCUT2D eigenvalue weighted by atomic mass is 16.2. The number of ketones is 1. The summed E-state index contributed by atoms with van der Waals surface area (Å²) in [4.78, 5) is 44.0. The third-order valence-electron chi connectivity index (χ3n) is 6.18. The van der Waals surface area contributed by atoms with Crippen LogP contribution in [0.3, 0.4) is 0 Å². The highest BCUT2D eigenvalue weighted by Gasteiger charge is 2.16. The number of hydrogen-bond acceptors (Lipinski definition) is 4. The maximum atomic E-state index is 12.7. The lowest BCUT2D eigenvalue weighted by Gasteiger charge is -2.12. The molecule has 0 aliphatic carbocycles. The van der Waals surface area contributed by atoms with Crippen molar-refractivity contribution in [1.29, 1.82) is 0 Å². The van der Waals surface area contributed by atoms with Gasteiger partial charge in [0.05, 0.1) is 12.9 Å². The molecule has 0 aliphatic rings. The highest BCUT2D eigenvalue weighted by Crippen LogP contribution is 2.20. The Balaban J connectivity index is 1.44. The number of hydrogen-bond donors (Lipinski definition) is 1. The zero-order valence-corrected chi connectivity index (χ0v) is 19.2. The van der Waals surface area contributed by atoms with Crippen molar-refractivity contribution in [3.8, 4) is 0 Å². The number of aromatic amines is 1. The number of H-pyrrole nitrogens is 1. The molecule has 1 atom stereocenters. The molecule has 2 aromatic carbocycles. The second kappa shape index (κ2) is 9.40.